The van der Waals surface area contributed by atoms with Crippen molar-refractivity contribution in [3.05, 3.63) is 63.2 Å². The van der Waals surface area contributed by atoms with Gasteiger partial charge in [0.2, 0.25) is 0 Å². The summed E-state index contributed by atoms with van der Waals surface area (Å²) < 4.78 is 12.4. The molecule has 0 saturated carbocycles. The Bertz CT molecular complexity index is 743. The van der Waals surface area contributed by atoms with Crippen LogP contribution in [0.1, 0.15) is 5.56 Å². The lowest BCUT2D eigenvalue weighted by molar-refractivity contribution is 0.476. The molecule has 0 spiro atoms. The molecule has 3 aromatic rings. The van der Waals surface area contributed by atoms with Crippen LogP contribution in [0.25, 0.3) is 11.7 Å². The van der Waals surface area contributed by atoms with Crippen LogP contribution in [-0.4, -0.2) is 9.78 Å². The Morgan fingerprint density at radius 2 is 2.05 bits per heavy atom. The van der Waals surface area contributed by atoms with Crippen molar-refractivity contribution < 1.29 is 8.83 Å². The maximum Gasteiger partial charge on any atom is 0.437 e. The molecule has 1 aromatic carbocycles. The Balaban J connectivity index is 1.95. The van der Waals surface area contributed by atoms with E-state index in [1.165, 1.54) is 10.9 Å². The fourth-order valence-electron chi connectivity index (χ4n) is 1.69. The van der Waals surface area contributed by atoms with Gasteiger partial charge in [-0.05, 0) is 23.8 Å². The topological polar surface area (TPSA) is 61.2 Å². The van der Waals surface area contributed by atoms with Crippen molar-refractivity contribution >= 4 is 15.9 Å². The highest BCUT2D eigenvalue weighted by atomic mass is 79.9. The Labute approximate surface area is 116 Å². The highest BCUT2D eigenvalue weighted by molar-refractivity contribution is 9.10. The van der Waals surface area contributed by atoms with Crippen molar-refractivity contribution in [1.29, 1.82) is 0 Å². The van der Waals surface area contributed by atoms with E-state index in [0.717, 1.165) is 10.0 Å². The van der Waals surface area contributed by atoms with Gasteiger partial charge in [0.1, 0.15) is 0 Å². The normalized spacial score (nSPS) is 10.8. The maximum absolute atomic E-state index is 11.7. The first kappa shape index (κ1) is 12.0. The molecule has 0 saturated heterocycles. The Morgan fingerprint density at radius 3 is 2.79 bits per heavy atom. The summed E-state index contributed by atoms with van der Waals surface area (Å²) in [5.41, 5.74) is 0.948. The third-order valence-corrected chi connectivity index (χ3v) is 3.39. The van der Waals surface area contributed by atoms with Gasteiger partial charge in [-0.15, -0.1) is 5.10 Å². The summed E-state index contributed by atoms with van der Waals surface area (Å²) >= 11 is 3.43. The summed E-state index contributed by atoms with van der Waals surface area (Å²) in [7, 11) is 0. The average Bonchev–Trinajstić information content (AvgIpc) is 3.02. The highest BCUT2D eigenvalue weighted by Gasteiger charge is 2.13. The van der Waals surface area contributed by atoms with Crippen molar-refractivity contribution in [2.75, 3.05) is 0 Å². The summed E-state index contributed by atoms with van der Waals surface area (Å²) in [6.07, 6.45) is 1.50. The van der Waals surface area contributed by atoms with Gasteiger partial charge < -0.3 is 8.83 Å². The van der Waals surface area contributed by atoms with Gasteiger partial charge in [-0.25, -0.2) is 4.79 Å². The predicted octanol–water partition coefficient (Wildman–Crippen LogP) is 2.91. The van der Waals surface area contributed by atoms with Crippen LogP contribution in [0, 0.1) is 0 Å². The molecule has 0 amide bonds. The quantitative estimate of drug-likeness (QED) is 0.744. The SMILES string of the molecule is O=c1oc(-c2ccco2)nn1Cc1ccccc1Br. The molecule has 0 aliphatic rings. The van der Waals surface area contributed by atoms with Crippen molar-refractivity contribution in [3.63, 3.8) is 0 Å². The predicted molar refractivity (Wildman–Crippen MR) is 71.7 cm³/mol. The van der Waals surface area contributed by atoms with E-state index in [2.05, 4.69) is 21.0 Å². The van der Waals surface area contributed by atoms with E-state index in [0.29, 0.717) is 12.3 Å². The zero-order chi connectivity index (χ0) is 13.2. The molecule has 0 unspecified atom stereocenters. The van der Waals surface area contributed by atoms with E-state index in [1.54, 1.807) is 12.1 Å². The highest BCUT2D eigenvalue weighted by Crippen LogP contribution is 2.18. The van der Waals surface area contributed by atoms with Crippen LogP contribution >= 0.6 is 15.9 Å². The Morgan fingerprint density at radius 1 is 1.21 bits per heavy atom. The molecule has 0 aliphatic carbocycles. The summed E-state index contributed by atoms with van der Waals surface area (Å²) in [6.45, 7) is 0.338. The smallest absolute Gasteiger partial charge is 0.437 e. The van der Waals surface area contributed by atoms with Gasteiger partial charge in [0, 0.05) is 4.47 Å². The first-order valence-corrected chi connectivity index (χ1v) is 6.38. The number of aromatic nitrogens is 2. The molecule has 0 atom stereocenters. The molecule has 96 valence electrons. The van der Waals surface area contributed by atoms with Crippen LogP contribution in [0.5, 0.6) is 0 Å². The number of halogens is 1. The third-order valence-electron chi connectivity index (χ3n) is 2.62. The van der Waals surface area contributed by atoms with E-state index >= 15 is 0 Å². The zero-order valence-electron chi connectivity index (χ0n) is 9.75. The van der Waals surface area contributed by atoms with Crippen molar-refractivity contribution in [3.8, 4) is 11.7 Å². The minimum Gasteiger partial charge on any atom is -0.459 e. The molecule has 19 heavy (non-hydrogen) atoms. The lowest BCUT2D eigenvalue weighted by Crippen LogP contribution is -2.16. The molecule has 0 aliphatic heterocycles. The monoisotopic (exact) mass is 320 g/mol. The first-order valence-electron chi connectivity index (χ1n) is 5.59. The number of nitrogens with zero attached hydrogens (tertiary/aromatic N) is 2. The van der Waals surface area contributed by atoms with E-state index in [9.17, 15) is 4.79 Å². The van der Waals surface area contributed by atoms with E-state index in [4.69, 9.17) is 8.83 Å². The average molecular weight is 321 g/mol. The zero-order valence-corrected chi connectivity index (χ0v) is 11.3. The van der Waals surface area contributed by atoms with Crippen LogP contribution in [0.3, 0.4) is 0 Å². The molecule has 0 fully saturated rings. The van der Waals surface area contributed by atoms with Gasteiger partial charge >= 0.3 is 5.76 Å². The summed E-state index contributed by atoms with van der Waals surface area (Å²) in [6, 6.07) is 11.0. The lowest BCUT2D eigenvalue weighted by atomic mass is 10.2. The van der Waals surface area contributed by atoms with Crippen molar-refractivity contribution in [2.24, 2.45) is 0 Å². The standard InChI is InChI=1S/C13H9BrN2O3/c14-10-5-2-1-4-9(10)8-16-13(17)19-12(15-16)11-6-3-7-18-11/h1-7H,8H2. The molecule has 0 bridgehead atoms. The molecule has 0 N–H and O–H groups in total. The molecular formula is C13H9BrN2O3. The fourth-order valence-corrected chi connectivity index (χ4v) is 2.10. The second-order valence-electron chi connectivity index (χ2n) is 3.90. The number of hydrogen-bond donors (Lipinski definition) is 0. The van der Waals surface area contributed by atoms with E-state index in [1.807, 2.05) is 24.3 Å². The molecule has 2 aromatic heterocycles. The summed E-state index contributed by atoms with van der Waals surface area (Å²) in [5, 5.41) is 4.11. The second-order valence-corrected chi connectivity index (χ2v) is 4.75. The second kappa shape index (κ2) is 4.89. The maximum atomic E-state index is 11.7. The van der Waals surface area contributed by atoms with Gasteiger partial charge in [0.05, 0.1) is 12.8 Å². The molecule has 3 rings (SSSR count). The number of benzene rings is 1. The minimum atomic E-state index is -0.512. The van der Waals surface area contributed by atoms with Crippen molar-refractivity contribution in [1.82, 2.24) is 9.78 Å². The Hall–Kier alpha value is -2.08. The number of rotatable bonds is 3. The fraction of sp³-hybridized carbons (Fsp3) is 0.0769. The molecule has 5 nitrogen and oxygen atoms in total. The van der Waals surface area contributed by atoms with Crippen molar-refractivity contribution in [2.45, 2.75) is 6.54 Å². The molecule has 6 heteroatoms. The number of hydrogen-bond acceptors (Lipinski definition) is 4. The molecular weight excluding hydrogens is 312 g/mol. The van der Waals surface area contributed by atoms with E-state index < -0.39 is 5.76 Å². The summed E-state index contributed by atoms with van der Waals surface area (Å²) in [5.74, 6) is 0.104. The number of furan rings is 1. The van der Waals surface area contributed by atoms with Gasteiger partial charge in [0.15, 0.2) is 5.76 Å². The first-order chi connectivity index (χ1) is 9.24. The van der Waals surface area contributed by atoms with Gasteiger partial charge in [-0.2, -0.15) is 4.68 Å². The lowest BCUT2D eigenvalue weighted by Gasteiger charge is -2.01. The van der Waals surface area contributed by atoms with Crippen LogP contribution in [0.15, 0.2) is 60.8 Å². The van der Waals surface area contributed by atoms with Crippen LogP contribution in [0.4, 0.5) is 0 Å². The Kier molecular flexibility index (Phi) is 3.08. The largest absolute Gasteiger partial charge is 0.459 e. The van der Waals surface area contributed by atoms with Gasteiger partial charge in [-0.3, -0.25) is 0 Å². The van der Waals surface area contributed by atoms with E-state index in [-0.39, 0.29) is 5.89 Å². The molecule has 2 heterocycles. The third kappa shape index (κ3) is 2.39. The van der Waals surface area contributed by atoms with Gasteiger partial charge in [-0.1, -0.05) is 34.1 Å². The minimum absolute atomic E-state index is 0.182. The van der Waals surface area contributed by atoms with Crippen LogP contribution < -0.4 is 5.76 Å². The van der Waals surface area contributed by atoms with Gasteiger partial charge in [0.25, 0.3) is 5.89 Å². The van der Waals surface area contributed by atoms with Crippen LogP contribution in [-0.2, 0) is 6.54 Å². The van der Waals surface area contributed by atoms with Crippen LogP contribution in [0.2, 0.25) is 0 Å². The summed E-state index contributed by atoms with van der Waals surface area (Å²) in [4.78, 5) is 11.7. The molecule has 0 radical (unpaired) electrons.